The normalized spacial score (nSPS) is 14.7. The van der Waals surface area contributed by atoms with Gasteiger partial charge in [0.1, 0.15) is 5.69 Å². The molecule has 5 rings (SSSR count). The molecule has 39 heavy (non-hydrogen) atoms. The first-order valence-corrected chi connectivity index (χ1v) is 12.5. The van der Waals surface area contributed by atoms with Crippen LogP contribution in [0.2, 0.25) is 0 Å². The van der Waals surface area contributed by atoms with Crippen LogP contribution in [0.4, 0.5) is 18.9 Å². The number of nitrogens with one attached hydrogen (secondary N) is 2. The average Bonchev–Trinajstić information content (AvgIpc) is 3.31. The van der Waals surface area contributed by atoms with Crippen LogP contribution in [0.5, 0.6) is 0 Å². The lowest BCUT2D eigenvalue weighted by Crippen LogP contribution is -2.44. The summed E-state index contributed by atoms with van der Waals surface area (Å²) >= 11 is 0. The van der Waals surface area contributed by atoms with Gasteiger partial charge in [0.25, 0.3) is 5.91 Å². The third-order valence-electron chi connectivity index (χ3n) is 6.71. The molecule has 0 aliphatic carbocycles. The quantitative estimate of drug-likeness (QED) is 0.373. The van der Waals surface area contributed by atoms with E-state index in [2.05, 4.69) is 37.2 Å². The molecule has 7 nitrogen and oxygen atoms in total. The van der Waals surface area contributed by atoms with E-state index in [1.807, 2.05) is 37.1 Å². The van der Waals surface area contributed by atoms with Crippen molar-refractivity contribution in [3.8, 4) is 11.8 Å². The molecule has 1 amide bonds. The van der Waals surface area contributed by atoms with Gasteiger partial charge in [-0.25, -0.2) is 0 Å². The maximum absolute atomic E-state index is 13.9. The molecule has 10 heteroatoms. The molecule has 200 valence electrons. The number of fused-ring (bicyclic) bond motifs is 1. The number of hydrogen-bond acceptors (Lipinski definition) is 5. The van der Waals surface area contributed by atoms with Crippen molar-refractivity contribution in [2.45, 2.75) is 19.6 Å². The van der Waals surface area contributed by atoms with Crippen molar-refractivity contribution in [3.63, 3.8) is 0 Å². The number of aromatic nitrogens is 3. The summed E-state index contributed by atoms with van der Waals surface area (Å²) in [4.78, 5) is 21.1. The Morgan fingerprint density at radius 1 is 1.05 bits per heavy atom. The molecule has 2 aromatic heterocycles. The number of anilines is 1. The zero-order chi connectivity index (χ0) is 27.6. The fourth-order valence-corrected chi connectivity index (χ4v) is 4.49. The summed E-state index contributed by atoms with van der Waals surface area (Å²) in [6, 6.07) is 11.4. The second kappa shape index (κ2) is 10.9. The van der Waals surface area contributed by atoms with E-state index < -0.39 is 17.6 Å². The Kier molecular flexibility index (Phi) is 7.37. The lowest BCUT2D eigenvalue weighted by molar-refractivity contribution is -0.138. The summed E-state index contributed by atoms with van der Waals surface area (Å²) in [6.07, 6.45) is -1.69. The van der Waals surface area contributed by atoms with E-state index in [0.717, 1.165) is 35.6 Å². The summed E-state index contributed by atoms with van der Waals surface area (Å²) in [7, 11) is 2.00. The van der Waals surface area contributed by atoms with E-state index in [1.165, 1.54) is 24.5 Å². The van der Waals surface area contributed by atoms with Crippen LogP contribution in [-0.4, -0.2) is 64.1 Å². The monoisotopic (exact) mass is 532 g/mol. The summed E-state index contributed by atoms with van der Waals surface area (Å²) in [5.74, 6) is 5.38. The van der Waals surface area contributed by atoms with Crippen LogP contribution in [0.1, 0.15) is 38.3 Å². The molecule has 1 saturated heterocycles. The molecule has 2 aromatic carbocycles. The van der Waals surface area contributed by atoms with Crippen LogP contribution in [0.25, 0.3) is 10.9 Å². The van der Waals surface area contributed by atoms with E-state index in [9.17, 15) is 18.0 Å². The minimum atomic E-state index is -4.55. The number of nitrogens with zero attached hydrogens (tertiary/aromatic N) is 4. The molecule has 0 spiro atoms. The first-order valence-electron chi connectivity index (χ1n) is 12.5. The zero-order valence-corrected chi connectivity index (χ0v) is 21.6. The van der Waals surface area contributed by atoms with Crippen molar-refractivity contribution >= 4 is 22.5 Å². The number of amides is 1. The van der Waals surface area contributed by atoms with Crippen molar-refractivity contribution in [1.82, 2.24) is 25.0 Å². The molecular weight excluding hydrogens is 505 g/mol. The lowest BCUT2D eigenvalue weighted by atomic mass is 10.0. The second-order valence-electron chi connectivity index (χ2n) is 9.74. The molecule has 1 fully saturated rings. The van der Waals surface area contributed by atoms with Crippen LogP contribution in [0, 0.1) is 18.8 Å². The highest BCUT2D eigenvalue weighted by Gasteiger charge is 2.34. The van der Waals surface area contributed by atoms with E-state index in [4.69, 9.17) is 0 Å². The van der Waals surface area contributed by atoms with Crippen molar-refractivity contribution < 1.29 is 18.0 Å². The third-order valence-corrected chi connectivity index (χ3v) is 6.71. The number of pyridine rings is 1. The Hall–Kier alpha value is -4.20. The number of aryl methyl sites for hydroxylation is 1. The molecule has 0 radical (unpaired) electrons. The number of carbonyl (C=O) groups is 1. The van der Waals surface area contributed by atoms with Gasteiger partial charge in [0.05, 0.1) is 16.6 Å². The Morgan fingerprint density at radius 3 is 2.62 bits per heavy atom. The molecule has 4 aromatic rings. The zero-order valence-electron chi connectivity index (χ0n) is 21.6. The van der Waals surface area contributed by atoms with Gasteiger partial charge in [0, 0.05) is 61.8 Å². The van der Waals surface area contributed by atoms with Gasteiger partial charge in [-0.3, -0.25) is 19.8 Å². The van der Waals surface area contributed by atoms with Crippen LogP contribution in [-0.2, 0) is 12.7 Å². The number of piperazine rings is 1. The average molecular weight is 533 g/mol. The van der Waals surface area contributed by atoms with Gasteiger partial charge in [-0.1, -0.05) is 23.6 Å². The van der Waals surface area contributed by atoms with Crippen molar-refractivity contribution in [2.75, 3.05) is 38.5 Å². The van der Waals surface area contributed by atoms with E-state index in [1.54, 1.807) is 6.07 Å². The number of carbonyl (C=O) groups excluding carboxylic acids is 1. The van der Waals surface area contributed by atoms with Crippen molar-refractivity contribution in [2.24, 2.45) is 0 Å². The van der Waals surface area contributed by atoms with Gasteiger partial charge < -0.3 is 10.2 Å². The van der Waals surface area contributed by atoms with Crippen LogP contribution in [0.15, 0.2) is 54.9 Å². The Balaban J connectivity index is 1.33. The fourth-order valence-electron chi connectivity index (χ4n) is 4.49. The smallest absolute Gasteiger partial charge is 0.322 e. The van der Waals surface area contributed by atoms with Gasteiger partial charge in [-0.05, 0) is 55.8 Å². The highest BCUT2D eigenvalue weighted by molar-refractivity contribution is 6.04. The molecule has 0 unspecified atom stereocenters. The van der Waals surface area contributed by atoms with E-state index in [-0.39, 0.29) is 23.4 Å². The Morgan fingerprint density at radius 2 is 1.85 bits per heavy atom. The highest BCUT2D eigenvalue weighted by atomic mass is 19.4. The van der Waals surface area contributed by atoms with E-state index >= 15 is 0 Å². The topological polar surface area (TPSA) is 77.1 Å². The number of halogens is 3. The predicted molar refractivity (Wildman–Crippen MR) is 143 cm³/mol. The first kappa shape index (κ1) is 26.4. The molecule has 1 aliphatic heterocycles. The molecule has 0 atom stereocenters. The SMILES string of the molecule is Cc1ccc2[nH]nc(C#Cc3cncc(C(=O)Nc4ccc(CN5CCN(C)CC5)c(C(F)(F)F)c4)c3)c2c1. The largest absolute Gasteiger partial charge is 0.416 e. The van der Waals surface area contributed by atoms with Gasteiger partial charge in [0.2, 0.25) is 0 Å². The fraction of sp³-hybridized carbons (Fsp3) is 0.276. The number of hydrogen-bond donors (Lipinski definition) is 2. The summed E-state index contributed by atoms with van der Waals surface area (Å²) in [5.41, 5.74) is 2.66. The highest BCUT2D eigenvalue weighted by Crippen LogP contribution is 2.34. The summed E-state index contributed by atoms with van der Waals surface area (Å²) in [6.45, 7) is 5.21. The van der Waals surface area contributed by atoms with Gasteiger partial charge >= 0.3 is 6.18 Å². The van der Waals surface area contributed by atoms with Crippen LogP contribution in [0.3, 0.4) is 0 Å². The molecule has 3 heterocycles. The molecule has 0 bridgehead atoms. The summed E-state index contributed by atoms with van der Waals surface area (Å²) in [5, 5.41) is 10.6. The number of rotatable bonds is 4. The number of aromatic amines is 1. The standard InChI is InChI=1S/C29H27F3N6O/c1-19-3-7-26-24(13-19)27(36-35-26)8-4-20-14-22(17-33-16-20)28(39)34-23-6-5-21(25(15-23)29(30,31)32)18-38-11-9-37(2)10-12-38/h3,5-7,13-17H,9-12,18H2,1-2H3,(H,34,39)(H,35,36). The number of H-pyrrole nitrogens is 1. The lowest BCUT2D eigenvalue weighted by Gasteiger charge is -2.33. The van der Waals surface area contributed by atoms with Crippen molar-refractivity contribution in [3.05, 3.63) is 88.4 Å². The van der Waals surface area contributed by atoms with Crippen molar-refractivity contribution in [1.29, 1.82) is 0 Å². The maximum Gasteiger partial charge on any atom is 0.416 e. The molecular formula is C29H27F3N6O. The molecule has 1 aliphatic rings. The minimum absolute atomic E-state index is 0.0595. The minimum Gasteiger partial charge on any atom is -0.322 e. The Labute approximate surface area is 224 Å². The second-order valence-corrected chi connectivity index (χ2v) is 9.74. The van der Waals surface area contributed by atoms with E-state index in [0.29, 0.717) is 24.3 Å². The predicted octanol–water partition coefficient (Wildman–Crippen LogP) is 4.68. The summed E-state index contributed by atoms with van der Waals surface area (Å²) < 4.78 is 41.7. The van der Waals surface area contributed by atoms with Gasteiger partial charge in [-0.2, -0.15) is 18.3 Å². The molecule has 2 N–H and O–H groups in total. The van der Waals surface area contributed by atoms with Crippen LogP contribution >= 0.6 is 0 Å². The maximum atomic E-state index is 13.9. The number of alkyl halides is 3. The van der Waals surface area contributed by atoms with Gasteiger partial charge in [0.15, 0.2) is 0 Å². The number of benzene rings is 2. The first-order chi connectivity index (χ1) is 18.7. The van der Waals surface area contributed by atoms with Gasteiger partial charge in [-0.15, -0.1) is 0 Å². The van der Waals surface area contributed by atoms with Crippen LogP contribution < -0.4 is 5.32 Å². The molecule has 0 saturated carbocycles. The Bertz CT molecular complexity index is 1580. The third kappa shape index (κ3) is 6.28. The number of likely N-dealkylation sites (N-methyl/N-ethyl adjacent to an activating group) is 1.